The van der Waals surface area contributed by atoms with E-state index in [1.165, 1.54) is 24.5 Å². The van der Waals surface area contributed by atoms with Gasteiger partial charge in [-0.1, -0.05) is 29.8 Å². The summed E-state index contributed by atoms with van der Waals surface area (Å²) in [5.41, 5.74) is 2.22. The van der Waals surface area contributed by atoms with Gasteiger partial charge in [-0.15, -0.1) is 0 Å². The summed E-state index contributed by atoms with van der Waals surface area (Å²) in [6.07, 6.45) is 2.97. The molecule has 0 amide bonds. The van der Waals surface area contributed by atoms with Crippen molar-refractivity contribution >= 4 is 22.8 Å². The zero-order valence-electron chi connectivity index (χ0n) is 12.8. The van der Waals surface area contributed by atoms with Crippen LogP contribution in [-0.4, -0.2) is 24.5 Å². The third-order valence-electron chi connectivity index (χ3n) is 3.76. The SMILES string of the molecule is O=c1ccc(Cn2c(-c3cccc(F)c3)nc3c(Cl)ncnc32)c[nH]1. The number of H-pyrrole nitrogens is 1. The predicted octanol–water partition coefficient (Wildman–Crippen LogP) is 3.02. The first kappa shape index (κ1) is 15.5. The highest BCUT2D eigenvalue weighted by molar-refractivity contribution is 6.33. The van der Waals surface area contributed by atoms with Crippen LogP contribution in [0.15, 0.2) is 53.7 Å². The molecule has 0 atom stereocenters. The summed E-state index contributed by atoms with van der Waals surface area (Å²) >= 11 is 6.14. The van der Waals surface area contributed by atoms with Crippen LogP contribution < -0.4 is 5.56 Å². The Bertz CT molecular complexity index is 1120. The maximum absolute atomic E-state index is 13.7. The Hall–Kier alpha value is -3.06. The topological polar surface area (TPSA) is 76.5 Å². The van der Waals surface area contributed by atoms with E-state index in [0.717, 1.165) is 5.56 Å². The summed E-state index contributed by atoms with van der Waals surface area (Å²) in [4.78, 5) is 26.6. The standard InChI is InChI=1S/C17H11ClFN5O/c18-15-14-17(22-9-21-15)24(8-10-4-5-13(25)20-7-10)16(23-14)11-2-1-3-12(19)6-11/h1-7,9H,8H2,(H,20,25). The highest BCUT2D eigenvalue weighted by atomic mass is 35.5. The van der Waals surface area contributed by atoms with Gasteiger partial charge in [-0.2, -0.15) is 0 Å². The third-order valence-corrected chi connectivity index (χ3v) is 4.04. The van der Waals surface area contributed by atoms with Gasteiger partial charge in [-0.25, -0.2) is 19.3 Å². The first-order valence-corrected chi connectivity index (χ1v) is 7.80. The lowest BCUT2D eigenvalue weighted by Crippen LogP contribution is -2.07. The van der Waals surface area contributed by atoms with Gasteiger partial charge in [0.25, 0.3) is 0 Å². The number of nitrogens with zero attached hydrogens (tertiary/aromatic N) is 4. The molecule has 8 heteroatoms. The molecule has 25 heavy (non-hydrogen) atoms. The van der Waals surface area contributed by atoms with Crippen molar-refractivity contribution in [1.82, 2.24) is 24.5 Å². The van der Waals surface area contributed by atoms with Gasteiger partial charge < -0.3 is 9.55 Å². The second-order valence-electron chi connectivity index (χ2n) is 5.43. The Kier molecular flexibility index (Phi) is 3.77. The second kappa shape index (κ2) is 6.10. The Labute approximate surface area is 146 Å². The number of halogens is 2. The summed E-state index contributed by atoms with van der Waals surface area (Å²) in [5, 5.41) is 0.225. The Morgan fingerprint density at radius 2 is 2.08 bits per heavy atom. The number of hydrogen-bond acceptors (Lipinski definition) is 4. The van der Waals surface area contributed by atoms with Gasteiger partial charge in [0.1, 0.15) is 23.5 Å². The van der Waals surface area contributed by atoms with Gasteiger partial charge >= 0.3 is 0 Å². The smallest absolute Gasteiger partial charge is 0.247 e. The van der Waals surface area contributed by atoms with E-state index in [-0.39, 0.29) is 16.5 Å². The fourth-order valence-electron chi connectivity index (χ4n) is 2.63. The highest BCUT2D eigenvalue weighted by Crippen LogP contribution is 2.27. The number of aromatic amines is 1. The van der Waals surface area contributed by atoms with Crippen LogP contribution in [0.2, 0.25) is 5.15 Å². The molecule has 0 saturated carbocycles. The van der Waals surface area contributed by atoms with E-state index < -0.39 is 0 Å². The Morgan fingerprint density at radius 3 is 2.84 bits per heavy atom. The first-order chi connectivity index (χ1) is 12.1. The zero-order chi connectivity index (χ0) is 17.4. The summed E-state index contributed by atoms with van der Waals surface area (Å²) < 4.78 is 15.5. The predicted molar refractivity (Wildman–Crippen MR) is 91.9 cm³/mol. The molecule has 4 rings (SSSR count). The zero-order valence-corrected chi connectivity index (χ0v) is 13.5. The number of hydrogen-bond donors (Lipinski definition) is 1. The van der Waals surface area contributed by atoms with E-state index in [9.17, 15) is 9.18 Å². The largest absolute Gasteiger partial charge is 0.329 e. The summed E-state index contributed by atoms with van der Waals surface area (Å²) in [6.45, 7) is 0.381. The van der Waals surface area contributed by atoms with Crippen LogP contribution in [0.25, 0.3) is 22.6 Å². The molecule has 4 aromatic rings. The number of benzene rings is 1. The van der Waals surface area contributed by atoms with Crippen molar-refractivity contribution < 1.29 is 4.39 Å². The molecular formula is C17H11ClFN5O. The van der Waals surface area contributed by atoms with Crippen molar-refractivity contribution in [1.29, 1.82) is 0 Å². The van der Waals surface area contributed by atoms with Gasteiger partial charge in [0, 0.05) is 17.8 Å². The fraction of sp³-hybridized carbons (Fsp3) is 0.0588. The van der Waals surface area contributed by atoms with E-state index in [0.29, 0.717) is 29.1 Å². The summed E-state index contributed by atoms with van der Waals surface area (Å²) in [7, 11) is 0. The molecule has 0 spiro atoms. The third kappa shape index (κ3) is 2.89. The number of nitrogens with one attached hydrogen (secondary N) is 1. The number of rotatable bonds is 3. The lowest BCUT2D eigenvalue weighted by atomic mass is 10.2. The minimum atomic E-state index is -0.364. The molecule has 124 valence electrons. The van der Waals surface area contributed by atoms with E-state index >= 15 is 0 Å². The first-order valence-electron chi connectivity index (χ1n) is 7.42. The Balaban J connectivity index is 1.93. The highest BCUT2D eigenvalue weighted by Gasteiger charge is 2.17. The van der Waals surface area contributed by atoms with Gasteiger partial charge in [0.05, 0.1) is 6.54 Å². The summed E-state index contributed by atoms with van der Waals surface area (Å²) in [6, 6.07) is 9.29. The maximum atomic E-state index is 13.7. The number of aromatic nitrogens is 5. The van der Waals surface area contributed by atoms with Crippen molar-refractivity contribution in [3.63, 3.8) is 0 Å². The average molecular weight is 356 g/mol. The molecule has 0 unspecified atom stereocenters. The van der Waals surface area contributed by atoms with Gasteiger partial charge in [0.2, 0.25) is 5.56 Å². The van der Waals surface area contributed by atoms with Crippen molar-refractivity contribution in [3.05, 3.63) is 75.8 Å². The van der Waals surface area contributed by atoms with Gasteiger partial charge in [-0.3, -0.25) is 4.79 Å². The van der Waals surface area contributed by atoms with Crippen molar-refractivity contribution in [2.75, 3.05) is 0 Å². The normalized spacial score (nSPS) is 11.1. The van der Waals surface area contributed by atoms with E-state index in [1.54, 1.807) is 24.4 Å². The molecule has 3 aromatic heterocycles. The molecule has 1 N–H and O–H groups in total. The van der Waals surface area contributed by atoms with Gasteiger partial charge in [-0.05, 0) is 17.7 Å². The number of fused-ring (bicyclic) bond motifs is 1. The summed E-state index contributed by atoms with van der Waals surface area (Å²) in [5.74, 6) is 0.153. The molecule has 0 aliphatic heterocycles. The van der Waals surface area contributed by atoms with E-state index in [1.807, 2.05) is 4.57 Å². The molecule has 0 aliphatic rings. The van der Waals surface area contributed by atoms with Crippen molar-refractivity contribution in [2.45, 2.75) is 6.54 Å². The molecule has 6 nitrogen and oxygen atoms in total. The monoisotopic (exact) mass is 355 g/mol. The Morgan fingerprint density at radius 1 is 1.20 bits per heavy atom. The molecule has 0 bridgehead atoms. The number of pyridine rings is 1. The van der Waals surface area contributed by atoms with Crippen molar-refractivity contribution in [3.8, 4) is 11.4 Å². The molecule has 0 aliphatic carbocycles. The average Bonchev–Trinajstić information content (AvgIpc) is 2.97. The molecule has 0 radical (unpaired) electrons. The second-order valence-corrected chi connectivity index (χ2v) is 5.79. The van der Waals surface area contributed by atoms with Crippen LogP contribution in [0.1, 0.15) is 5.56 Å². The van der Waals surface area contributed by atoms with Crippen LogP contribution in [0.4, 0.5) is 4.39 Å². The fourth-order valence-corrected chi connectivity index (χ4v) is 2.80. The van der Waals surface area contributed by atoms with Gasteiger partial charge in [0.15, 0.2) is 10.8 Å². The van der Waals surface area contributed by atoms with Crippen LogP contribution in [-0.2, 0) is 6.54 Å². The van der Waals surface area contributed by atoms with Crippen molar-refractivity contribution in [2.24, 2.45) is 0 Å². The van der Waals surface area contributed by atoms with Crippen LogP contribution >= 0.6 is 11.6 Å². The van der Waals surface area contributed by atoms with Crippen LogP contribution in [0, 0.1) is 5.82 Å². The molecule has 3 heterocycles. The van der Waals surface area contributed by atoms with E-state index in [2.05, 4.69) is 19.9 Å². The van der Waals surface area contributed by atoms with E-state index in [4.69, 9.17) is 11.6 Å². The molecule has 0 saturated heterocycles. The molecular weight excluding hydrogens is 345 g/mol. The quantitative estimate of drug-likeness (QED) is 0.573. The minimum Gasteiger partial charge on any atom is -0.329 e. The van der Waals surface area contributed by atoms with Crippen LogP contribution in [0.3, 0.4) is 0 Å². The minimum absolute atomic E-state index is 0.185. The molecule has 0 fully saturated rings. The number of imidazole rings is 1. The lowest BCUT2D eigenvalue weighted by Gasteiger charge is -2.09. The van der Waals surface area contributed by atoms with Crippen LogP contribution in [0.5, 0.6) is 0 Å². The maximum Gasteiger partial charge on any atom is 0.247 e. The molecule has 1 aromatic carbocycles. The lowest BCUT2D eigenvalue weighted by molar-refractivity contribution is 0.628.